The van der Waals surface area contributed by atoms with E-state index in [1.54, 1.807) is 0 Å². The van der Waals surface area contributed by atoms with Gasteiger partial charge in [0.25, 0.3) is 0 Å². The minimum Gasteiger partial charge on any atom is -0.0533 e. The third kappa shape index (κ3) is 10.7. The molecule has 0 N–H and O–H groups in total. The molecule has 0 spiro atoms. The summed E-state index contributed by atoms with van der Waals surface area (Å²) in [4.78, 5) is 0. The molecule has 0 saturated heterocycles. The van der Waals surface area contributed by atoms with Gasteiger partial charge in [-0.15, -0.1) is 0 Å². The zero-order chi connectivity index (χ0) is 17.4. The van der Waals surface area contributed by atoms with Crippen molar-refractivity contribution in [2.45, 2.75) is 148 Å². The highest BCUT2D eigenvalue weighted by atomic mass is 14.3. The molecular weight excluding hydrogens is 300 g/mol. The molecule has 2 saturated carbocycles. The van der Waals surface area contributed by atoms with Gasteiger partial charge in [-0.05, 0) is 37.5 Å². The van der Waals surface area contributed by atoms with E-state index in [4.69, 9.17) is 0 Å². The van der Waals surface area contributed by atoms with Crippen LogP contribution >= 0.6 is 0 Å². The molecule has 0 heterocycles. The Morgan fingerprint density at radius 2 is 0.600 bits per heavy atom. The highest BCUT2D eigenvalue weighted by Gasteiger charge is 2.21. The van der Waals surface area contributed by atoms with Crippen LogP contribution < -0.4 is 0 Å². The average Bonchev–Trinajstić information content (AvgIpc) is 2.64. The van der Waals surface area contributed by atoms with E-state index >= 15 is 0 Å². The van der Waals surface area contributed by atoms with Gasteiger partial charge in [0.2, 0.25) is 0 Å². The van der Waals surface area contributed by atoms with Gasteiger partial charge >= 0.3 is 0 Å². The summed E-state index contributed by atoms with van der Waals surface area (Å²) in [5, 5.41) is 0. The molecule has 0 amide bonds. The molecule has 0 atom stereocenters. The van der Waals surface area contributed by atoms with Crippen LogP contribution in [0.15, 0.2) is 0 Å². The number of rotatable bonds is 1. The van der Waals surface area contributed by atoms with Gasteiger partial charge in [-0.25, -0.2) is 0 Å². The van der Waals surface area contributed by atoms with E-state index in [-0.39, 0.29) is 0 Å². The zero-order valence-corrected chi connectivity index (χ0v) is 17.3. The van der Waals surface area contributed by atoms with Gasteiger partial charge < -0.3 is 0 Å². The molecule has 0 unspecified atom stereocenters. The molecule has 2 aliphatic rings. The van der Waals surface area contributed by atoms with Gasteiger partial charge in [0.15, 0.2) is 0 Å². The van der Waals surface area contributed by atoms with Crippen molar-refractivity contribution in [3.63, 3.8) is 0 Å². The lowest BCUT2D eigenvalue weighted by molar-refractivity contribution is 0.367. The molecule has 0 bridgehead atoms. The van der Waals surface area contributed by atoms with Crippen LogP contribution in [0.2, 0.25) is 0 Å². The molecule has 0 aliphatic heterocycles. The Hall–Kier alpha value is 0. The van der Waals surface area contributed by atoms with Crippen molar-refractivity contribution in [1.82, 2.24) is 0 Å². The monoisotopic (exact) mass is 347 g/mol. The minimum absolute atomic E-state index is 0.990. The second-order valence-corrected chi connectivity index (χ2v) is 9.15. The maximum atomic E-state index is 2.01. The van der Waals surface area contributed by atoms with Crippen molar-refractivity contribution in [2.24, 2.45) is 5.92 Å². The maximum Gasteiger partial charge on any atom is -0.0210 e. The van der Waals surface area contributed by atoms with Crippen molar-refractivity contribution in [1.29, 1.82) is 0 Å². The molecule has 0 heteroatoms. The van der Waals surface area contributed by atoms with Crippen molar-refractivity contribution < 1.29 is 0 Å². The Labute approximate surface area is 159 Å². The van der Waals surface area contributed by atoms with Gasteiger partial charge in [0, 0.05) is 0 Å². The summed E-state index contributed by atoms with van der Waals surface area (Å²) in [7, 11) is 0. The molecule has 147 valence electrons. The summed E-state index contributed by atoms with van der Waals surface area (Å²) in [6.07, 6.45) is 34.5. The van der Waals surface area contributed by atoms with E-state index in [2.05, 4.69) is 0 Å². The molecule has 2 aliphatic carbocycles. The smallest absolute Gasteiger partial charge is 0.0210 e. The van der Waals surface area contributed by atoms with Crippen LogP contribution in [0.5, 0.6) is 0 Å². The van der Waals surface area contributed by atoms with E-state index in [1.165, 1.54) is 148 Å². The highest BCUT2D eigenvalue weighted by molar-refractivity contribution is 4.96. The molecule has 2 rings (SSSR count). The van der Waals surface area contributed by atoms with Crippen molar-refractivity contribution in [3.05, 3.63) is 5.92 Å². The van der Waals surface area contributed by atoms with Crippen LogP contribution in [0.4, 0.5) is 0 Å². The van der Waals surface area contributed by atoms with Crippen molar-refractivity contribution in [3.8, 4) is 0 Å². The summed E-state index contributed by atoms with van der Waals surface area (Å²) in [6, 6.07) is 0. The number of hydrogen-bond donors (Lipinski definition) is 0. The predicted molar refractivity (Wildman–Crippen MR) is 113 cm³/mol. The Kier molecular flexibility index (Phi) is 12.9. The maximum absolute atomic E-state index is 2.01. The van der Waals surface area contributed by atoms with E-state index in [9.17, 15) is 0 Å². The van der Waals surface area contributed by atoms with Crippen molar-refractivity contribution >= 4 is 0 Å². The Balaban J connectivity index is 1.82. The molecule has 25 heavy (non-hydrogen) atoms. The minimum atomic E-state index is 0.990. The van der Waals surface area contributed by atoms with Crippen LogP contribution in [-0.2, 0) is 0 Å². The fourth-order valence-corrected chi connectivity index (χ4v) is 5.22. The largest absolute Gasteiger partial charge is 0.0533 e. The van der Waals surface area contributed by atoms with Crippen LogP contribution in [0, 0.1) is 11.8 Å². The van der Waals surface area contributed by atoms with Gasteiger partial charge in [0.05, 0.1) is 0 Å². The molecule has 0 nitrogen and oxygen atoms in total. The van der Waals surface area contributed by atoms with Gasteiger partial charge in [-0.2, -0.15) is 0 Å². The topological polar surface area (TPSA) is 0 Å². The lowest BCUT2D eigenvalue weighted by Gasteiger charge is -2.28. The summed E-state index contributed by atoms with van der Waals surface area (Å²) >= 11 is 0. The molecule has 0 aromatic heterocycles. The van der Waals surface area contributed by atoms with Crippen LogP contribution in [0.25, 0.3) is 0 Å². The normalized spacial score (nSPS) is 26.4. The first-order chi connectivity index (χ1) is 12.5. The van der Waals surface area contributed by atoms with E-state index in [1.807, 2.05) is 5.92 Å². The molecule has 0 aromatic rings. The van der Waals surface area contributed by atoms with Crippen LogP contribution in [0.3, 0.4) is 0 Å². The van der Waals surface area contributed by atoms with Crippen molar-refractivity contribution in [2.75, 3.05) is 0 Å². The quantitative estimate of drug-likeness (QED) is 0.443. The predicted octanol–water partition coefficient (Wildman–Crippen LogP) is 9.18. The lowest BCUT2D eigenvalue weighted by Crippen LogP contribution is -2.14. The van der Waals surface area contributed by atoms with Gasteiger partial charge in [0.1, 0.15) is 0 Å². The first kappa shape index (κ1) is 21.3. The summed E-state index contributed by atoms with van der Waals surface area (Å²) in [5.41, 5.74) is 0. The second-order valence-electron chi connectivity index (χ2n) is 9.15. The van der Waals surface area contributed by atoms with Gasteiger partial charge in [-0.1, -0.05) is 122 Å². The third-order valence-corrected chi connectivity index (χ3v) is 6.93. The molecular formula is C25H47. The summed E-state index contributed by atoms with van der Waals surface area (Å²) in [6.45, 7) is 0. The first-order valence-electron chi connectivity index (χ1n) is 12.3. The van der Waals surface area contributed by atoms with Crippen LogP contribution in [-0.4, -0.2) is 0 Å². The third-order valence-electron chi connectivity index (χ3n) is 6.93. The summed E-state index contributed by atoms with van der Waals surface area (Å²) in [5.74, 6) is 3.00. The summed E-state index contributed by atoms with van der Waals surface area (Å²) < 4.78 is 0. The first-order valence-corrected chi connectivity index (χ1v) is 12.3. The van der Waals surface area contributed by atoms with Gasteiger partial charge in [-0.3, -0.25) is 0 Å². The fraction of sp³-hybridized carbons (Fsp3) is 0.960. The zero-order valence-electron chi connectivity index (χ0n) is 17.3. The second kappa shape index (κ2) is 15.1. The Morgan fingerprint density at radius 3 is 0.960 bits per heavy atom. The Morgan fingerprint density at radius 1 is 0.320 bits per heavy atom. The highest BCUT2D eigenvalue weighted by Crippen LogP contribution is 2.35. The molecule has 0 aromatic carbocycles. The molecule has 1 radical (unpaired) electrons. The van der Waals surface area contributed by atoms with E-state index in [0.29, 0.717) is 0 Å². The standard InChI is InChI=1S/C25H47/c1-2-5-9-13-17-21-24(20-16-12-8-4-1)25-22-18-14-10-6-3-7-11-15-19-23-25/h25H,1-23H2. The average molecular weight is 348 g/mol. The van der Waals surface area contributed by atoms with Crippen LogP contribution in [0.1, 0.15) is 148 Å². The lowest BCUT2D eigenvalue weighted by atomic mass is 9.78. The van der Waals surface area contributed by atoms with E-state index < -0.39 is 0 Å². The number of hydrogen-bond acceptors (Lipinski definition) is 0. The fourth-order valence-electron chi connectivity index (χ4n) is 5.22. The Bertz CT molecular complexity index is 256. The molecule has 2 fully saturated rings. The van der Waals surface area contributed by atoms with E-state index in [0.717, 1.165) is 5.92 Å². The SMILES string of the molecule is C1CCCCCC[C](C2CCCCCCCCCCC2)CCCCC1.